The highest BCUT2D eigenvalue weighted by Crippen LogP contribution is 2.33. The highest BCUT2D eigenvalue weighted by Gasteiger charge is 2.14. The zero-order valence-electron chi connectivity index (χ0n) is 17.7. The van der Waals surface area contributed by atoms with Gasteiger partial charge in [-0.2, -0.15) is 5.10 Å². The molecule has 0 bridgehead atoms. The minimum atomic E-state index is -0.452. The Hall–Kier alpha value is -3.46. The third-order valence-electron chi connectivity index (χ3n) is 4.69. The van der Waals surface area contributed by atoms with E-state index in [1.165, 1.54) is 17.5 Å². The summed E-state index contributed by atoms with van der Waals surface area (Å²) < 4.78 is 17.9. The predicted octanol–water partition coefficient (Wildman–Crippen LogP) is 4.51. The summed E-state index contributed by atoms with van der Waals surface area (Å²) in [5, 5.41) is 7.79. The number of benzene rings is 1. The van der Waals surface area contributed by atoms with E-state index in [-0.39, 0.29) is 12.6 Å². The first-order valence-electron chi connectivity index (χ1n) is 9.67. The molecule has 4 rings (SSSR count). The molecule has 0 radical (unpaired) electrons. The minimum absolute atomic E-state index is 0.0753. The van der Waals surface area contributed by atoms with Gasteiger partial charge in [0.1, 0.15) is 11.6 Å². The second-order valence-corrected chi connectivity index (χ2v) is 7.97. The molecule has 0 aliphatic heterocycles. The van der Waals surface area contributed by atoms with Crippen molar-refractivity contribution in [2.75, 3.05) is 14.2 Å². The van der Waals surface area contributed by atoms with E-state index in [1.807, 2.05) is 42.1 Å². The van der Waals surface area contributed by atoms with Gasteiger partial charge in [-0.3, -0.25) is 0 Å². The summed E-state index contributed by atoms with van der Waals surface area (Å²) >= 11 is 1.47. The Labute approximate surface area is 183 Å². The Morgan fingerprint density at radius 1 is 1.13 bits per heavy atom. The summed E-state index contributed by atoms with van der Waals surface area (Å²) in [7, 11) is 3.19. The van der Waals surface area contributed by atoms with Crippen molar-refractivity contribution >= 4 is 28.3 Å². The minimum Gasteiger partial charge on any atom is -0.493 e. The van der Waals surface area contributed by atoms with Crippen LogP contribution in [0, 0.1) is 0 Å². The summed E-state index contributed by atoms with van der Waals surface area (Å²) in [5.41, 5.74) is 2.69. The highest BCUT2D eigenvalue weighted by molar-refractivity contribution is 7.13. The molecule has 4 aromatic rings. The Bertz CT molecular complexity index is 1230. The van der Waals surface area contributed by atoms with Gasteiger partial charge in [-0.25, -0.2) is 19.4 Å². The van der Waals surface area contributed by atoms with Crippen LogP contribution in [-0.4, -0.2) is 39.9 Å². The van der Waals surface area contributed by atoms with Crippen molar-refractivity contribution in [3.63, 3.8) is 0 Å². The zero-order chi connectivity index (χ0) is 22.0. The summed E-state index contributed by atoms with van der Waals surface area (Å²) in [6, 6.07) is 7.54. The van der Waals surface area contributed by atoms with Crippen molar-refractivity contribution < 1.29 is 19.0 Å². The van der Waals surface area contributed by atoms with Crippen LogP contribution in [0.2, 0.25) is 0 Å². The van der Waals surface area contributed by atoms with Crippen molar-refractivity contribution in [2.24, 2.45) is 0 Å². The number of carbonyl (C=O) groups is 1. The monoisotopic (exact) mass is 438 g/mol. The lowest BCUT2D eigenvalue weighted by molar-refractivity contribution is 0.0468. The van der Waals surface area contributed by atoms with Crippen molar-refractivity contribution in [3.05, 3.63) is 53.3 Å². The van der Waals surface area contributed by atoms with Crippen LogP contribution in [-0.2, 0) is 11.3 Å². The first-order valence-corrected chi connectivity index (χ1v) is 10.5. The van der Waals surface area contributed by atoms with E-state index in [0.29, 0.717) is 22.8 Å². The van der Waals surface area contributed by atoms with Crippen LogP contribution in [0.4, 0.5) is 0 Å². The quantitative estimate of drug-likeness (QED) is 0.392. The normalized spacial score (nSPS) is 11.1. The molecule has 0 N–H and O–H groups in total. The van der Waals surface area contributed by atoms with E-state index in [0.717, 1.165) is 21.6 Å². The molecule has 8 nitrogen and oxygen atoms in total. The number of ether oxygens (including phenoxy) is 3. The number of hydrogen-bond donors (Lipinski definition) is 0. The lowest BCUT2D eigenvalue weighted by Crippen LogP contribution is -2.07. The Morgan fingerprint density at radius 2 is 1.94 bits per heavy atom. The van der Waals surface area contributed by atoms with Gasteiger partial charge in [0.25, 0.3) is 0 Å². The number of rotatable bonds is 7. The van der Waals surface area contributed by atoms with Gasteiger partial charge in [-0.1, -0.05) is 0 Å². The lowest BCUT2D eigenvalue weighted by Gasteiger charge is -2.08. The van der Waals surface area contributed by atoms with Crippen LogP contribution in [0.3, 0.4) is 0 Å². The summed E-state index contributed by atoms with van der Waals surface area (Å²) in [6.45, 7) is 4.13. The molecule has 1 aromatic carbocycles. The molecule has 160 valence electrons. The van der Waals surface area contributed by atoms with Crippen LogP contribution in [0.15, 0.2) is 42.0 Å². The summed E-state index contributed by atoms with van der Waals surface area (Å²) in [5.74, 6) is 0.834. The number of thiazole rings is 1. The topological polar surface area (TPSA) is 88.4 Å². The average Bonchev–Trinajstić information content (AvgIpc) is 3.43. The zero-order valence-corrected chi connectivity index (χ0v) is 18.5. The van der Waals surface area contributed by atoms with E-state index < -0.39 is 5.97 Å². The third-order valence-corrected chi connectivity index (χ3v) is 5.63. The molecule has 0 amide bonds. The number of hydrogen-bond acceptors (Lipinski definition) is 8. The Kier molecular flexibility index (Phi) is 5.85. The molecule has 0 aliphatic rings. The predicted molar refractivity (Wildman–Crippen MR) is 118 cm³/mol. The van der Waals surface area contributed by atoms with Gasteiger partial charge in [-0.15, -0.1) is 11.3 Å². The van der Waals surface area contributed by atoms with Gasteiger partial charge in [0, 0.05) is 28.6 Å². The van der Waals surface area contributed by atoms with Gasteiger partial charge < -0.3 is 14.2 Å². The standard InChI is InChI=1S/C22H22N4O4S/c1-13(2)26-20-15(10-24-26)7-16(9-23-20)22(27)30-11-17-12-31-21(25-17)14-5-6-18(28-3)19(8-14)29-4/h5-10,12-13H,11H2,1-4H3. The fraction of sp³-hybridized carbons (Fsp3) is 0.273. The highest BCUT2D eigenvalue weighted by atomic mass is 32.1. The number of fused-ring (bicyclic) bond motifs is 1. The third kappa shape index (κ3) is 4.22. The van der Waals surface area contributed by atoms with E-state index in [2.05, 4.69) is 15.1 Å². The number of methoxy groups -OCH3 is 2. The van der Waals surface area contributed by atoms with Gasteiger partial charge in [0.05, 0.1) is 31.7 Å². The molecule has 0 spiro atoms. The maximum atomic E-state index is 12.5. The van der Waals surface area contributed by atoms with Gasteiger partial charge in [0.15, 0.2) is 17.1 Å². The molecule has 9 heteroatoms. The number of pyridine rings is 1. The number of aromatic nitrogens is 4. The maximum Gasteiger partial charge on any atom is 0.340 e. The van der Waals surface area contributed by atoms with Crippen molar-refractivity contribution in [1.29, 1.82) is 0 Å². The molecule has 0 saturated carbocycles. The molecular formula is C22H22N4O4S. The van der Waals surface area contributed by atoms with E-state index in [1.54, 1.807) is 26.5 Å². The van der Waals surface area contributed by atoms with Crippen LogP contribution in [0.5, 0.6) is 11.5 Å². The van der Waals surface area contributed by atoms with Crippen LogP contribution in [0.25, 0.3) is 21.6 Å². The van der Waals surface area contributed by atoms with Crippen LogP contribution in [0.1, 0.15) is 35.9 Å². The Balaban J connectivity index is 1.45. The fourth-order valence-electron chi connectivity index (χ4n) is 3.13. The smallest absolute Gasteiger partial charge is 0.340 e. The first kappa shape index (κ1) is 20.8. The largest absolute Gasteiger partial charge is 0.493 e. The molecule has 0 saturated heterocycles. The van der Waals surface area contributed by atoms with Crippen molar-refractivity contribution in [3.8, 4) is 22.1 Å². The van der Waals surface area contributed by atoms with Crippen molar-refractivity contribution in [2.45, 2.75) is 26.5 Å². The fourth-order valence-corrected chi connectivity index (χ4v) is 3.93. The van der Waals surface area contributed by atoms with Crippen molar-refractivity contribution in [1.82, 2.24) is 19.7 Å². The van der Waals surface area contributed by atoms with E-state index in [4.69, 9.17) is 14.2 Å². The van der Waals surface area contributed by atoms with Crippen LogP contribution < -0.4 is 9.47 Å². The molecular weight excluding hydrogens is 416 g/mol. The number of nitrogens with zero attached hydrogens (tertiary/aromatic N) is 4. The SMILES string of the molecule is COc1ccc(-c2nc(COC(=O)c3cnc4c(cnn4C(C)C)c3)cs2)cc1OC. The Morgan fingerprint density at radius 3 is 2.68 bits per heavy atom. The molecule has 0 unspecified atom stereocenters. The molecule has 3 aromatic heterocycles. The van der Waals surface area contributed by atoms with Gasteiger partial charge in [-0.05, 0) is 38.1 Å². The van der Waals surface area contributed by atoms with Gasteiger partial charge in [0.2, 0.25) is 0 Å². The van der Waals surface area contributed by atoms with Gasteiger partial charge >= 0.3 is 5.97 Å². The van der Waals surface area contributed by atoms with E-state index in [9.17, 15) is 4.79 Å². The second-order valence-electron chi connectivity index (χ2n) is 7.11. The van der Waals surface area contributed by atoms with E-state index >= 15 is 0 Å². The molecule has 0 fully saturated rings. The second kappa shape index (κ2) is 8.73. The molecule has 31 heavy (non-hydrogen) atoms. The summed E-state index contributed by atoms with van der Waals surface area (Å²) in [4.78, 5) is 21.4. The average molecular weight is 439 g/mol. The number of esters is 1. The summed E-state index contributed by atoms with van der Waals surface area (Å²) in [6.07, 6.45) is 3.22. The van der Waals surface area contributed by atoms with Crippen LogP contribution >= 0.6 is 11.3 Å². The molecule has 3 heterocycles. The first-order chi connectivity index (χ1) is 15.0. The molecule has 0 aliphatic carbocycles. The molecule has 0 atom stereocenters. The number of carbonyl (C=O) groups excluding carboxylic acids is 1. The lowest BCUT2D eigenvalue weighted by atomic mass is 10.2. The maximum absolute atomic E-state index is 12.5.